The molecule has 1 aromatic heterocycles. The first kappa shape index (κ1) is 41.5. The molecule has 2 aromatic carbocycles. The van der Waals surface area contributed by atoms with E-state index in [-0.39, 0.29) is 47.8 Å². The minimum Gasteiger partial charge on any atom is -0.453 e. The van der Waals surface area contributed by atoms with Gasteiger partial charge in [0.15, 0.2) is 0 Å². The molecule has 0 spiro atoms. The van der Waals surface area contributed by atoms with E-state index in [1.807, 2.05) is 61.0 Å². The monoisotopic (exact) mass is 799 g/mol. The Bertz CT molecular complexity index is 2030. The number of likely N-dealkylation sites (tertiary alicyclic amines) is 2. The van der Waals surface area contributed by atoms with Gasteiger partial charge in [-0.3, -0.25) is 14.6 Å². The summed E-state index contributed by atoms with van der Waals surface area (Å²) in [7, 11) is 2.57. The van der Waals surface area contributed by atoms with Crippen molar-refractivity contribution < 1.29 is 28.7 Å². The fourth-order valence-corrected chi connectivity index (χ4v) is 8.62. The van der Waals surface area contributed by atoms with Crippen molar-refractivity contribution in [2.24, 2.45) is 16.8 Å². The number of rotatable bonds is 11. The van der Waals surface area contributed by atoms with E-state index in [0.717, 1.165) is 40.0 Å². The number of aromatic nitrogens is 2. The zero-order chi connectivity index (χ0) is 41.1. The van der Waals surface area contributed by atoms with Gasteiger partial charge < -0.3 is 34.9 Å². The van der Waals surface area contributed by atoms with Gasteiger partial charge in [0.05, 0.1) is 26.3 Å². The van der Waals surface area contributed by atoms with E-state index < -0.39 is 24.3 Å². The number of allylic oxidation sites excluding steroid dienone is 1. The molecule has 0 unspecified atom stereocenters. The predicted molar refractivity (Wildman–Crippen MR) is 220 cm³/mol. The van der Waals surface area contributed by atoms with E-state index in [9.17, 15) is 19.2 Å². The maximum absolute atomic E-state index is 13.7. The number of amides is 4. The van der Waals surface area contributed by atoms with Crippen LogP contribution in [0.5, 0.6) is 0 Å². The first-order chi connectivity index (χ1) is 27.3. The largest absolute Gasteiger partial charge is 0.453 e. The van der Waals surface area contributed by atoms with Crippen molar-refractivity contribution in [2.45, 2.75) is 110 Å². The fraction of sp³-hybridized carbons (Fsp3) is 0.488. The lowest BCUT2D eigenvalue weighted by Crippen LogP contribution is -2.53. The van der Waals surface area contributed by atoms with Crippen LogP contribution in [0.15, 0.2) is 59.7 Å². The fourth-order valence-electron chi connectivity index (χ4n) is 8.37. The molecule has 3 aliphatic rings. The van der Waals surface area contributed by atoms with E-state index in [4.69, 9.17) is 31.1 Å². The number of benzene rings is 2. The minimum atomic E-state index is -0.717. The van der Waals surface area contributed by atoms with Crippen LogP contribution in [0.3, 0.4) is 0 Å². The van der Waals surface area contributed by atoms with Gasteiger partial charge in [-0.05, 0) is 73.6 Å². The van der Waals surface area contributed by atoms with E-state index in [0.29, 0.717) is 42.4 Å². The van der Waals surface area contributed by atoms with Gasteiger partial charge in [-0.15, -0.1) is 0 Å². The van der Waals surface area contributed by atoms with Crippen LogP contribution in [-0.2, 0) is 19.1 Å². The van der Waals surface area contributed by atoms with Crippen molar-refractivity contribution in [2.75, 3.05) is 14.2 Å². The number of ether oxygens (including phenoxy) is 2. The van der Waals surface area contributed by atoms with Crippen molar-refractivity contribution in [3.05, 3.63) is 71.3 Å². The van der Waals surface area contributed by atoms with Gasteiger partial charge >= 0.3 is 12.2 Å². The van der Waals surface area contributed by atoms with Gasteiger partial charge in [0.25, 0.3) is 0 Å². The molecular formula is C43H54ClN7O6. The number of halogens is 1. The van der Waals surface area contributed by atoms with Crippen LogP contribution in [0.25, 0.3) is 28.0 Å². The molecule has 6 rings (SSSR count). The van der Waals surface area contributed by atoms with Gasteiger partial charge in [0.1, 0.15) is 28.8 Å². The second-order valence-electron chi connectivity index (χ2n) is 15.5. The van der Waals surface area contributed by atoms with Crippen molar-refractivity contribution >= 4 is 46.9 Å². The maximum Gasteiger partial charge on any atom is 0.407 e. The summed E-state index contributed by atoms with van der Waals surface area (Å²) in [5.74, 6) is 0.817. The molecule has 4 amide bonds. The van der Waals surface area contributed by atoms with Crippen LogP contribution >= 0.6 is 11.6 Å². The first-order valence-corrected chi connectivity index (χ1v) is 20.2. The summed E-state index contributed by atoms with van der Waals surface area (Å²) in [6, 6.07) is 14.5. The molecule has 3 aliphatic heterocycles. The Balaban J connectivity index is 1.12. The first-order valence-electron chi connectivity index (χ1n) is 19.8. The summed E-state index contributed by atoms with van der Waals surface area (Å²) in [4.78, 5) is 68.1. The summed E-state index contributed by atoms with van der Waals surface area (Å²) in [6.45, 7) is 12.1. The molecule has 0 radical (unpaired) electrons. The molecule has 2 fully saturated rings. The Morgan fingerprint density at radius 3 is 1.70 bits per heavy atom. The second kappa shape index (κ2) is 17.5. The predicted octanol–water partition coefficient (Wildman–Crippen LogP) is 7.78. The van der Waals surface area contributed by atoms with Crippen molar-refractivity contribution in [1.29, 1.82) is 0 Å². The molecule has 0 aliphatic carbocycles. The van der Waals surface area contributed by atoms with Crippen LogP contribution < -0.4 is 10.6 Å². The number of carbonyl (C=O) groups excluding carboxylic acids is 4. The number of aliphatic imine (C=N–C) groups is 1. The quantitative estimate of drug-likeness (QED) is 0.179. The SMILES string of the molecule is CC[C@H](NC(=O)OC)C(=O)N1[C@H](C2=NC=C(c3ccc(-c4ccc(-c5nc([C@@H]6C[C@@H](C)[C@H](C)N6C(=O)[C@H](CC)NC(=O)OC)[nH]c5Cl)cc4)cc3)C2)C[C@@H](C)[C@@H]1C. The molecule has 57 heavy (non-hydrogen) atoms. The lowest BCUT2D eigenvalue weighted by atomic mass is 9.95. The van der Waals surface area contributed by atoms with E-state index in [1.165, 1.54) is 14.2 Å². The number of alkyl carbamates (subject to hydrolysis) is 2. The highest BCUT2D eigenvalue weighted by molar-refractivity contribution is 6.32. The molecule has 13 nitrogen and oxygen atoms in total. The summed E-state index contributed by atoms with van der Waals surface area (Å²) >= 11 is 6.76. The van der Waals surface area contributed by atoms with Gasteiger partial charge in [-0.1, -0.05) is 87.8 Å². The average Bonchev–Trinajstić information content (AvgIpc) is 4.00. The summed E-state index contributed by atoms with van der Waals surface area (Å²) in [6.07, 6.45) is 3.69. The number of hydrogen-bond acceptors (Lipinski definition) is 8. The summed E-state index contributed by atoms with van der Waals surface area (Å²) < 4.78 is 9.52. The summed E-state index contributed by atoms with van der Waals surface area (Å²) in [5, 5.41) is 5.76. The Labute approximate surface area is 339 Å². The van der Waals surface area contributed by atoms with Crippen LogP contribution in [0.4, 0.5) is 9.59 Å². The lowest BCUT2D eigenvalue weighted by Gasteiger charge is -2.32. The normalized spacial score (nSPS) is 24.1. The molecule has 2 saturated heterocycles. The highest BCUT2D eigenvalue weighted by Gasteiger charge is 2.45. The number of hydrogen-bond donors (Lipinski definition) is 3. The number of H-pyrrole nitrogens is 1. The Morgan fingerprint density at radius 1 is 0.754 bits per heavy atom. The Kier molecular flexibility index (Phi) is 12.8. The number of aromatic amines is 1. The number of carbonyl (C=O) groups is 4. The number of imidazole rings is 1. The number of nitrogens with zero attached hydrogens (tertiary/aromatic N) is 4. The standard InChI is InChI=1S/C43H54ClN7O6/c1-9-32(46-42(54)56-7)40(52)50-25(5)23(3)19-35(50)34-21-31(22-45-34)29-13-11-27(12-14-29)28-15-17-30(18-16-28)37-38(44)49-39(48-37)36-20-24(4)26(6)51(36)41(53)33(10-2)47-43(55)57-8/h11-18,22-26,32-33,35-36H,9-10,19-21H2,1-8H3,(H,46,54)(H,47,55)(H,48,49)/t23-,24-,25+,26+,32+,33+,35+,36+/m1/s1. The maximum atomic E-state index is 13.7. The lowest BCUT2D eigenvalue weighted by molar-refractivity contribution is -0.137. The van der Waals surface area contributed by atoms with Crippen LogP contribution in [0.1, 0.15) is 91.1 Å². The Hall–Kier alpha value is -5.17. The van der Waals surface area contributed by atoms with E-state index >= 15 is 0 Å². The zero-order valence-electron chi connectivity index (χ0n) is 34.0. The third kappa shape index (κ3) is 8.44. The zero-order valence-corrected chi connectivity index (χ0v) is 34.7. The molecular weight excluding hydrogens is 746 g/mol. The Morgan fingerprint density at radius 2 is 1.21 bits per heavy atom. The molecule has 4 heterocycles. The molecule has 8 atom stereocenters. The highest BCUT2D eigenvalue weighted by Crippen LogP contribution is 2.41. The van der Waals surface area contributed by atoms with Gasteiger partial charge in [0.2, 0.25) is 11.8 Å². The molecule has 0 bridgehead atoms. The molecule has 14 heteroatoms. The third-order valence-corrected chi connectivity index (χ3v) is 12.4. The van der Waals surface area contributed by atoms with Crippen LogP contribution in [0.2, 0.25) is 5.15 Å². The molecule has 304 valence electrons. The summed E-state index contributed by atoms with van der Waals surface area (Å²) in [5.41, 5.74) is 6.64. The van der Waals surface area contributed by atoms with Crippen LogP contribution in [0, 0.1) is 11.8 Å². The van der Waals surface area contributed by atoms with Crippen molar-refractivity contribution in [1.82, 2.24) is 30.4 Å². The number of methoxy groups -OCH3 is 2. The third-order valence-electron chi connectivity index (χ3n) is 12.1. The van der Waals surface area contributed by atoms with Gasteiger partial charge in [0, 0.05) is 36.0 Å². The van der Waals surface area contributed by atoms with Crippen LogP contribution in [-0.4, -0.2) is 93.9 Å². The van der Waals surface area contributed by atoms with E-state index in [2.05, 4.69) is 60.7 Å². The van der Waals surface area contributed by atoms with Crippen molar-refractivity contribution in [3.8, 4) is 22.4 Å². The average molecular weight is 800 g/mol. The minimum absolute atomic E-state index is 0.0114. The highest BCUT2D eigenvalue weighted by atomic mass is 35.5. The van der Waals surface area contributed by atoms with Gasteiger partial charge in [-0.25, -0.2) is 14.6 Å². The number of nitrogens with one attached hydrogen (secondary N) is 3. The smallest absolute Gasteiger partial charge is 0.407 e. The van der Waals surface area contributed by atoms with Crippen molar-refractivity contribution in [3.63, 3.8) is 0 Å². The molecule has 3 aromatic rings. The second-order valence-corrected chi connectivity index (χ2v) is 15.9. The van der Waals surface area contributed by atoms with Gasteiger partial charge in [-0.2, -0.15) is 0 Å². The van der Waals surface area contributed by atoms with E-state index in [1.54, 1.807) is 0 Å². The topological polar surface area (TPSA) is 158 Å². The molecule has 3 N–H and O–H groups in total. The molecule has 0 saturated carbocycles.